The Morgan fingerprint density at radius 2 is 1.73 bits per heavy atom. The molecule has 88 valence electrons. The van der Waals surface area contributed by atoms with Crippen molar-refractivity contribution in [2.45, 2.75) is 46.3 Å². The van der Waals surface area contributed by atoms with Gasteiger partial charge in [-0.1, -0.05) is 0 Å². The zero-order valence-electron chi connectivity index (χ0n) is 9.83. The van der Waals surface area contributed by atoms with Gasteiger partial charge < -0.3 is 15.2 Å². The van der Waals surface area contributed by atoms with E-state index in [1.807, 2.05) is 0 Å². The second kappa shape index (κ2) is 5.00. The van der Waals surface area contributed by atoms with Crippen LogP contribution in [0.1, 0.15) is 34.6 Å². The first-order valence-electron chi connectivity index (χ1n) is 4.86. The number of carbonyl (C=O) groups is 2. The Kier molecular flexibility index (Phi) is 4.58. The van der Waals surface area contributed by atoms with Gasteiger partial charge in [-0.15, -0.1) is 0 Å². The van der Waals surface area contributed by atoms with Crippen LogP contribution in [0.3, 0.4) is 0 Å². The molecule has 0 rings (SSSR count). The number of ether oxygens (including phenoxy) is 1. The standard InChI is InChI=1S/C10H19NO4/c1-6(8(12)13)7(2)11-9(14)15-10(3,4)5/h6-7H,1-5H3,(H,11,14)(H,12,13)/t6-,7?/m0/s1. The van der Waals surface area contributed by atoms with Crippen molar-refractivity contribution in [1.29, 1.82) is 0 Å². The minimum Gasteiger partial charge on any atom is -0.481 e. The zero-order chi connectivity index (χ0) is 12.2. The topological polar surface area (TPSA) is 75.6 Å². The Bertz CT molecular complexity index is 244. The quantitative estimate of drug-likeness (QED) is 0.753. The van der Waals surface area contributed by atoms with E-state index in [-0.39, 0.29) is 0 Å². The van der Waals surface area contributed by atoms with Crippen molar-refractivity contribution < 1.29 is 19.4 Å². The first kappa shape index (κ1) is 13.7. The summed E-state index contributed by atoms with van der Waals surface area (Å²) in [6.07, 6.45) is -0.594. The second-order valence-electron chi connectivity index (χ2n) is 4.56. The highest BCUT2D eigenvalue weighted by molar-refractivity contribution is 5.73. The summed E-state index contributed by atoms with van der Waals surface area (Å²) < 4.78 is 5.00. The predicted molar refractivity (Wildman–Crippen MR) is 55.6 cm³/mol. The van der Waals surface area contributed by atoms with Gasteiger partial charge in [-0.2, -0.15) is 0 Å². The Labute approximate surface area is 89.8 Å². The maximum atomic E-state index is 11.3. The van der Waals surface area contributed by atoms with E-state index >= 15 is 0 Å². The molecule has 1 unspecified atom stereocenters. The molecule has 5 heteroatoms. The summed E-state index contributed by atoms with van der Waals surface area (Å²) in [6.45, 7) is 8.40. The fraction of sp³-hybridized carbons (Fsp3) is 0.800. The predicted octanol–water partition coefficient (Wildman–Crippen LogP) is 1.62. The minimum atomic E-state index is -0.946. The van der Waals surface area contributed by atoms with Gasteiger partial charge in [0.1, 0.15) is 5.60 Å². The second-order valence-corrected chi connectivity index (χ2v) is 4.56. The van der Waals surface area contributed by atoms with Crippen LogP contribution in [0.2, 0.25) is 0 Å². The van der Waals surface area contributed by atoms with Crippen LogP contribution in [0.25, 0.3) is 0 Å². The number of hydrogen-bond donors (Lipinski definition) is 2. The molecule has 2 N–H and O–H groups in total. The van der Waals surface area contributed by atoms with Gasteiger partial charge in [0.15, 0.2) is 0 Å². The van der Waals surface area contributed by atoms with Crippen molar-refractivity contribution in [2.24, 2.45) is 5.92 Å². The summed E-state index contributed by atoms with van der Waals surface area (Å²) in [4.78, 5) is 21.9. The molecule has 2 atom stereocenters. The lowest BCUT2D eigenvalue weighted by Gasteiger charge is -2.23. The molecule has 0 radical (unpaired) electrons. The molecule has 0 aliphatic rings. The van der Waals surface area contributed by atoms with Crippen LogP contribution in [0, 0.1) is 5.92 Å². The smallest absolute Gasteiger partial charge is 0.407 e. The highest BCUT2D eigenvalue weighted by atomic mass is 16.6. The van der Waals surface area contributed by atoms with Crippen molar-refractivity contribution in [3.05, 3.63) is 0 Å². The van der Waals surface area contributed by atoms with Crippen LogP contribution in [0.4, 0.5) is 4.79 Å². The number of amides is 1. The van der Waals surface area contributed by atoms with Crippen molar-refractivity contribution in [2.75, 3.05) is 0 Å². The Hall–Kier alpha value is -1.26. The molecule has 5 nitrogen and oxygen atoms in total. The van der Waals surface area contributed by atoms with Gasteiger partial charge in [0.25, 0.3) is 0 Å². The van der Waals surface area contributed by atoms with Crippen LogP contribution in [-0.4, -0.2) is 28.8 Å². The number of carboxylic acids is 1. The number of rotatable bonds is 3. The molecule has 0 aromatic rings. The number of nitrogens with one attached hydrogen (secondary N) is 1. The molecular weight excluding hydrogens is 198 g/mol. The van der Waals surface area contributed by atoms with Crippen LogP contribution in [0.15, 0.2) is 0 Å². The zero-order valence-corrected chi connectivity index (χ0v) is 9.83. The molecule has 0 aromatic heterocycles. The third-order valence-corrected chi connectivity index (χ3v) is 1.88. The summed E-state index contributed by atoms with van der Waals surface area (Å²) in [5, 5.41) is 11.2. The van der Waals surface area contributed by atoms with Crippen LogP contribution in [0.5, 0.6) is 0 Å². The first-order chi connectivity index (χ1) is 6.63. The van der Waals surface area contributed by atoms with Gasteiger partial charge >= 0.3 is 12.1 Å². The maximum absolute atomic E-state index is 11.3. The molecule has 0 heterocycles. The van der Waals surface area contributed by atoms with Crippen molar-refractivity contribution in [1.82, 2.24) is 5.32 Å². The molecule has 0 fully saturated rings. The third kappa shape index (κ3) is 5.93. The van der Waals surface area contributed by atoms with E-state index in [0.29, 0.717) is 0 Å². The van der Waals surface area contributed by atoms with Gasteiger partial charge in [0.05, 0.1) is 5.92 Å². The van der Waals surface area contributed by atoms with E-state index in [2.05, 4.69) is 5.32 Å². The number of carboxylic acid groups (broad SMARTS) is 1. The van der Waals surface area contributed by atoms with E-state index in [4.69, 9.17) is 9.84 Å². The minimum absolute atomic E-state index is 0.461. The van der Waals surface area contributed by atoms with E-state index in [1.165, 1.54) is 6.92 Å². The monoisotopic (exact) mass is 217 g/mol. The van der Waals surface area contributed by atoms with E-state index < -0.39 is 29.6 Å². The molecule has 0 bridgehead atoms. The van der Waals surface area contributed by atoms with E-state index in [9.17, 15) is 9.59 Å². The molecular formula is C10H19NO4. The van der Waals surface area contributed by atoms with Gasteiger partial charge in [-0.05, 0) is 34.6 Å². The number of carbonyl (C=O) groups excluding carboxylic acids is 1. The van der Waals surface area contributed by atoms with Crippen molar-refractivity contribution in [3.63, 3.8) is 0 Å². The van der Waals surface area contributed by atoms with E-state index in [1.54, 1.807) is 27.7 Å². The molecule has 0 spiro atoms. The Morgan fingerprint density at radius 3 is 2.07 bits per heavy atom. The van der Waals surface area contributed by atoms with E-state index in [0.717, 1.165) is 0 Å². The largest absolute Gasteiger partial charge is 0.481 e. The van der Waals surface area contributed by atoms with Gasteiger partial charge in [-0.3, -0.25) is 4.79 Å². The third-order valence-electron chi connectivity index (χ3n) is 1.88. The molecule has 1 amide bonds. The Morgan fingerprint density at radius 1 is 1.27 bits per heavy atom. The Balaban J connectivity index is 4.13. The normalized spacial score (nSPS) is 15.3. The maximum Gasteiger partial charge on any atom is 0.407 e. The average Bonchev–Trinajstić information content (AvgIpc) is 1.98. The van der Waals surface area contributed by atoms with Crippen LogP contribution >= 0.6 is 0 Å². The lowest BCUT2D eigenvalue weighted by Crippen LogP contribution is -2.42. The van der Waals surface area contributed by atoms with Gasteiger partial charge in [0, 0.05) is 6.04 Å². The molecule has 15 heavy (non-hydrogen) atoms. The highest BCUT2D eigenvalue weighted by Gasteiger charge is 2.23. The summed E-state index contributed by atoms with van der Waals surface area (Å²) in [5.41, 5.74) is -0.573. The van der Waals surface area contributed by atoms with Gasteiger partial charge in [-0.25, -0.2) is 4.79 Å². The van der Waals surface area contributed by atoms with Crippen molar-refractivity contribution >= 4 is 12.1 Å². The summed E-state index contributed by atoms with van der Waals surface area (Å²) in [7, 11) is 0. The lowest BCUT2D eigenvalue weighted by molar-refractivity contribution is -0.141. The summed E-state index contributed by atoms with van der Waals surface area (Å²) in [6, 6.07) is -0.461. The molecule has 0 saturated heterocycles. The molecule has 0 saturated carbocycles. The lowest BCUT2D eigenvalue weighted by atomic mass is 10.0. The molecule has 0 aliphatic heterocycles. The summed E-state index contributed by atoms with van der Waals surface area (Å²) >= 11 is 0. The van der Waals surface area contributed by atoms with Crippen molar-refractivity contribution in [3.8, 4) is 0 Å². The average molecular weight is 217 g/mol. The summed E-state index contributed by atoms with van der Waals surface area (Å²) in [5.74, 6) is -1.59. The number of alkyl carbamates (subject to hydrolysis) is 1. The van der Waals surface area contributed by atoms with Crippen LogP contribution in [-0.2, 0) is 9.53 Å². The number of hydrogen-bond acceptors (Lipinski definition) is 3. The highest BCUT2D eigenvalue weighted by Crippen LogP contribution is 2.08. The van der Waals surface area contributed by atoms with Crippen LogP contribution < -0.4 is 5.32 Å². The molecule has 0 aromatic carbocycles. The first-order valence-corrected chi connectivity index (χ1v) is 4.86. The van der Waals surface area contributed by atoms with Gasteiger partial charge in [0.2, 0.25) is 0 Å². The molecule has 0 aliphatic carbocycles. The SMILES string of the molecule is CC(NC(=O)OC(C)(C)C)[C@H](C)C(=O)O. The fourth-order valence-corrected chi connectivity index (χ4v) is 0.832. The number of aliphatic carboxylic acids is 1. The fourth-order valence-electron chi connectivity index (χ4n) is 0.832.